The quantitative estimate of drug-likeness (QED) is 0.756. The molecular formula is C16H19BrClN3O3. The molecule has 3 N–H and O–H groups in total. The van der Waals surface area contributed by atoms with Gasteiger partial charge in [-0.1, -0.05) is 30.3 Å². The van der Waals surface area contributed by atoms with Gasteiger partial charge in [-0.2, -0.15) is 0 Å². The summed E-state index contributed by atoms with van der Waals surface area (Å²) in [7, 11) is 1.54. The van der Waals surface area contributed by atoms with Gasteiger partial charge < -0.3 is 20.4 Å². The molecule has 0 saturated carbocycles. The lowest BCUT2D eigenvalue weighted by molar-refractivity contribution is -0.121. The van der Waals surface area contributed by atoms with Gasteiger partial charge in [0.1, 0.15) is 0 Å². The van der Waals surface area contributed by atoms with Crippen LogP contribution in [-0.2, 0) is 4.79 Å². The minimum absolute atomic E-state index is 0. The van der Waals surface area contributed by atoms with Gasteiger partial charge in [0.15, 0.2) is 10.4 Å². The van der Waals surface area contributed by atoms with Gasteiger partial charge >= 0.3 is 0 Å². The molecule has 1 aromatic carbocycles. The molecule has 2 amide bonds. The van der Waals surface area contributed by atoms with Gasteiger partial charge in [-0.05, 0) is 33.6 Å². The van der Waals surface area contributed by atoms with Crippen molar-refractivity contribution in [3.63, 3.8) is 0 Å². The highest BCUT2D eigenvalue weighted by molar-refractivity contribution is 9.10. The molecule has 130 valence electrons. The molecule has 0 saturated heterocycles. The van der Waals surface area contributed by atoms with E-state index in [0.717, 1.165) is 5.56 Å². The van der Waals surface area contributed by atoms with Crippen molar-refractivity contribution in [3.8, 4) is 0 Å². The van der Waals surface area contributed by atoms with Crippen molar-refractivity contribution in [2.24, 2.45) is 5.73 Å². The highest BCUT2D eigenvalue weighted by atomic mass is 79.9. The first-order valence-corrected chi connectivity index (χ1v) is 7.84. The minimum Gasteiger partial charge on any atom is -0.444 e. The topological polar surface area (TPSA) is 88.6 Å². The molecule has 0 spiro atoms. The van der Waals surface area contributed by atoms with Crippen molar-refractivity contribution in [1.82, 2.24) is 10.2 Å². The van der Waals surface area contributed by atoms with Crippen molar-refractivity contribution in [2.45, 2.75) is 6.04 Å². The van der Waals surface area contributed by atoms with Crippen LogP contribution in [0.3, 0.4) is 0 Å². The molecule has 6 nitrogen and oxygen atoms in total. The number of hydrogen-bond acceptors (Lipinski definition) is 4. The molecule has 0 aliphatic heterocycles. The summed E-state index contributed by atoms with van der Waals surface area (Å²) in [4.78, 5) is 25.3. The van der Waals surface area contributed by atoms with Crippen LogP contribution in [0, 0.1) is 0 Å². The van der Waals surface area contributed by atoms with Gasteiger partial charge in [-0.3, -0.25) is 9.59 Å². The Balaban J connectivity index is 0.00000288. The Labute approximate surface area is 154 Å². The van der Waals surface area contributed by atoms with Gasteiger partial charge in [0.2, 0.25) is 5.91 Å². The highest BCUT2D eigenvalue weighted by Gasteiger charge is 2.18. The van der Waals surface area contributed by atoms with E-state index in [1.54, 1.807) is 12.1 Å². The van der Waals surface area contributed by atoms with Crippen LogP contribution in [0.15, 0.2) is 51.6 Å². The smallest absolute Gasteiger partial charge is 0.289 e. The Bertz CT molecular complexity index is 678. The molecular weight excluding hydrogens is 398 g/mol. The van der Waals surface area contributed by atoms with Crippen LogP contribution in [0.5, 0.6) is 0 Å². The summed E-state index contributed by atoms with van der Waals surface area (Å²) in [5.41, 5.74) is 6.95. The maximum Gasteiger partial charge on any atom is 0.289 e. The zero-order valence-corrected chi connectivity index (χ0v) is 15.5. The number of carbonyl (C=O) groups is 2. The van der Waals surface area contributed by atoms with Crippen LogP contribution in [0.25, 0.3) is 0 Å². The number of likely N-dealkylation sites (N-methyl/N-ethyl adjacent to an activating group) is 1. The lowest BCUT2D eigenvalue weighted by atomic mass is 10.1. The van der Waals surface area contributed by atoms with Crippen molar-refractivity contribution >= 4 is 40.2 Å². The van der Waals surface area contributed by atoms with E-state index in [0.29, 0.717) is 11.2 Å². The second-order valence-corrected chi connectivity index (χ2v) is 5.87. The fourth-order valence-corrected chi connectivity index (χ4v) is 2.31. The molecule has 0 bridgehead atoms. The van der Waals surface area contributed by atoms with Gasteiger partial charge in [-0.25, -0.2) is 0 Å². The summed E-state index contributed by atoms with van der Waals surface area (Å²) in [5.74, 6) is -0.468. The summed E-state index contributed by atoms with van der Waals surface area (Å²) < 4.78 is 5.64. The Morgan fingerprint density at radius 2 is 1.92 bits per heavy atom. The summed E-state index contributed by atoms with van der Waals surface area (Å²) in [5, 5.41) is 2.73. The van der Waals surface area contributed by atoms with E-state index in [1.165, 1.54) is 11.9 Å². The number of benzene rings is 1. The maximum atomic E-state index is 12.1. The Hall–Kier alpha value is -1.83. The fraction of sp³-hybridized carbons (Fsp3) is 0.250. The average molecular weight is 417 g/mol. The second-order valence-electron chi connectivity index (χ2n) is 5.09. The Kier molecular flexibility index (Phi) is 7.97. The van der Waals surface area contributed by atoms with Crippen molar-refractivity contribution < 1.29 is 14.0 Å². The molecule has 1 heterocycles. The molecule has 1 aromatic heterocycles. The normalized spacial score (nSPS) is 11.3. The fourth-order valence-electron chi connectivity index (χ4n) is 2.00. The number of halogens is 2. The Morgan fingerprint density at radius 1 is 1.25 bits per heavy atom. The molecule has 1 atom stereocenters. The molecule has 2 aromatic rings. The molecule has 1 unspecified atom stereocenters. The summed E-state index contributed by atoms with van der Waals surface area (Å²) in [6, 6.07) is 12.4. The first kappa shape index (κ1) is 20.2. The third-order valence-electron chi connectivity index (χ3n) is 3.26. The van der Waals surface area contributed by atoms with Gasteiger partial charge in [-0.15, -0.1) is 12.4 Å². The monoisotopic (exact) mass is 415 g/mol. The maximum absolute atomic E-state index is 12.1. The minimum atomic E-state index is -0.363. The summed E-state index contributed by atoms with van der Waals surface area (Å²) in [6.45, 7) is 0.232. The lowest BCUT2D eigenvalue weighted by Gasteiger charge is -2.17. The zero-order chi connectivity index (χ0) is 16.8. The highest BCUT2D eigenvalue weighted by Crippen LogP contribution is 2.15. The average Bonchev–Trinajstić information content (AvgIpc) is 2.99. The van der Waals surface area contributed by atoms with Crippen LogP contribution in [0.1, 0.15) is 22.2 Å². The summed E-state index contributed by atoms with van der Waals surface area (Å²) in [6.07, 6.45) is 0. The molecule has 8 heteroatoms. The SMILES string of the molecule is CN(CC(=O)NCC(N)c1ccccc1)C(=O)c1ccc(Br)o1.Cl. The first-order valence-electron chi connectivity index (χ1n) is 7.05. The lowest BCUT2D eigenvalue weighted by Crippen LogP contribution is -2.40. The number of nitrogens with one attached hydrogen (secondary N) is 1. The van der Waals surface area contributed by atoms with E-state index < -0.39 is 0 Å². The van der Waals surface area contributed by atoms with Crippen LogP contribution in [0.2, 0.25) is 0 Å². The van der Waals surface area contributed by atoms with Crippen molar-refractivity contribution in [3.05, 3.63) is 58.5 Å². The molecule has 0 fully saturated rings. The number of carbonyl (C=O) groups excluding carboxylic acids is 2. The largest absolute Gasteiger partial charge is 0.444 e. The van der Waals surface area contributed by atoms with E-state index >= 15 is 0 Å². The Morgan fingerprint density at radius 3 is 2.50 bits per heavy atom. The standard InChI is InChI=1S/C16H18BrN3O3.ClH/c1-20(16(22)13-7-8-14(17)23-13)10-15(21)19-9-12(18)11-5-3-2-4-6-11;/h2-8,12H,9-10,18H2,1H3,(H,19,21);1H. The number of amides is 2. The van der Waals surface area contributed by atoms with Crippen LogP contribution >= 0.6 is 28.3 Å². The molecule has 24 heavy (non-hydrogen) atoms. The first-order chi connectivity index (χ1) is 11.0. The van der Waals surface area contributed by atoms with E-state index in [4.69, 9.17) is 10.2 Å². The van der Waals surface area contributed by atoms with Gasteiger partial charge in [0.05, 0.1) is 6.54 Å². The predicted molar refractivity (Wildman–Crippen MR) is 97.0 cm³/mol. The number of hydrogen-bond donors (Lipinski definition) is 2. The van der Waals surface area contributed by atoms with E-state index in [2.05, 4.69) is 21.2 Å². The number of furan rings is 1. The summed E-state index contributed by atoms with van der Waals surface area (Å²) >= 11 is 3.13. The zero-order valence-electron chi connectivity index (χ0n) is 13.1. The van der Waals surface area contributed by atoms with Crippen LogP contribution in [0.4, 0.5) is 0 Å². The van der Waals surface area contributed by atoms with Gasteiger partial charge in [0.25, 0.3) is 5.91 Å². The molecule has 2 rings (SSSR count). The number of nitrogens with zero attached hydrogens (tertiary/aromatic N) is 1. The molecule has 0 radical (unpaired) electrons. The van der Waals surface area contributed by atoms with Crippen molar-refractivity contribution in [2.75, 3.05) is 20.1 Å². The number of nitrogens with two attached hydrogens (primary N) is 1. The van der Waals surface area contributed by atoms with E-state index in [9.17, 15) is 9.59 Å². The third kappa shape index (κ3) is 5.67. The van der Waals surface area contributed by atoms with Crippen molar-refractivity contribution in [1.29, 1.82) is 0 Å². The molecule has 0 aliphatic carbocycles. The van der Waals surface area contributed by atoms with E-state index in [1.807, 2.05) is 30.3 Å². The molecule has 0 aliphatic rings. The van der Waals surface area contributed by atoms with Gasteiger partial charge in [0, 0.05) is 19.6 Å². The number of rotatable bonds is 6. The van der Waals surface area contributed by atoms with E-state index in [-0.39, 0.29) is 42.6 Å². The second kappa shape index (κ2) is 9.46. The van der Waals surface area contributed by atoms with Crippen LogP contribution < -0.4 is 11.1 Å². The van der Waals surface area contributed by atoms with Crippen LogP contribution in [-0.4, -0.2) is 36.9 Å². The predicted octanol–water partition coefficient (Wildman–Crippen LogP) is 2.35. The third-order valence-corrected chi connectivity index (χ3v) is 3.68.